The van der Waals surface area contributed by atoms with E-state index >= 15 is 0 Å². The van der Waals surface area contributed by atoms with Gasteiger partial charge in [0.25, 0.3) is 0 Å². The Morgan fingerprint density at radius 3 is 2.43 bits per heavy atom. The second kappa shape index (κ2) is 4.66. The summed E-state index contributed by atoms with van der Waals surface area (Å²) < 4.78 is 0. The second-order valence-electron chi connectivity index (χ2n) is 4.29. The van der Waals surface area contributed by atoms with Gasteiger partial charge in [0.05, 0.1) is 0 Å². The number of halogens is 1. The van der Waals surface area contributed by atoms with E-state index in [1.165, 1.54) is 5.56 Å². The quantitative estimate of drug-likeness (QED) is 0.523. The van der Waals surface area contributed by atoms with Crippen molar-refractivity contribution in [2.24, 2.45) is 5.41 Å². The molecule has 0 aliphatic heterocycles. The number of hydrogen-bond acceptors (Lipinski definition) is 0. The third kappa shape index (κ3) is 3.55. The molecule has 1 heteroatoms. The van der Waals surface area contributed by atoms with Crippen molar-refractivity contribution < 1.29 is 0 Å². The van der Waals surface area contributed by atoms with Crippen molar-refractivity contribution in [1.82, 2.24) is 0 Å². The summed E-state index contributed by atoms with van der Waals surface area (Å²) in [5.74, 6) is 6.47. The molecule has 0 radical (unpaired) electrons. The molecule has 0 aromatic heterocycles. The van der Waals surface area contributed by atoms with E-state index < -0.39 is 0 Å². The van der Waals surface area contributed by atoms with E-state index in [1.54, 1.807) is 0 Å². The fraction of sp³-hybridized carbons (Fsp3) is 0.385. The lowest BCUT2D eigenvalue weighted by Gasteiger charge is -2.07. The monoisotopic (exact) mass is 250 g/mol. The van der Waals surface area contributed by atoms with E-state index in [2.05, 4.69) is 60.7 Å². The number of hydrogen-bond donors (Lipinski definition) is 0. The minimum atomic E-state index is 0.0689. The first kappa shape index (κ1) is 11.3. The van der Waals surface area contributed by atoms with E-state index in [0.29, 0.717) is 0 Å². The predicted octanol–water partition coefficient (Wildman–Crippen LogP) is 3.98. The molecule has 1 aromatic carbocycles. The smallest absolute Gasteiger partial charge is 0.0295 e. The molecule has 0 atom stereocenters. The first-order chi connectivity index (χ1) is 6.53. The van der Waals surface area contributed by atoms with Gasteiger partial charge in [0.2, 0.25) is 0 Å². The number of alkyl halides is 1. The van der Waals surface area contributed by atoms with Crippen LogP contribution in [0.5, 0.6) is 0 Å². The first-order valence-electron chi connectivity index (χ1n) is 4.70. The molecule has 0 fully saturated rings. The second-order valence-corrected chi connectivity index (χ2v) is 4.85. The highest BCUT2D eigenvalue weighted by Crippen LogP contribution is 2.14. The maximum absolute atomic E-state index is 3.46. The molecule has 0 heterocycles. The zero-order chi connectivity index (χ0) is 10.6. The molecule has 1 rings (SSSR count). The lowest BCUT2D eigenvalue weighted by Crippen LogP contribution is -1.99. The largest absolute Gasteiger partial charge is 0.0919 e. The molecule has 0 bridgehead atoms. The maximum atomic E-state index is 3.46. The van der Waals surface area contributed by atoms with Gasteiger partial charge in [-0.15, -0.1) is 0 Å². The highest BCUT2D eigenvalue weighted by molar-refractivity contribution is 9.08. The minimum absolute atomic E-state index is 0.0689. The summed E-state index contributed by atoms with van der Waals surface area (Å²) >= 11 is 3.46. The third-order valence-electron chi connectivity index (χ3n) is 1.73. The van der Waals surface area contributed by atoms with Gasteiger partial charge in [-0.1, -0.05) is 46.0 Å². The minimum Gasteiger partial charge on any atom is -0.0919 e. The van der Waals surface area contributed by atoms with Gasteiger partial charge >= 0.3 is 0 Å². The molecule has 0 saturated heterocycles. The third-order valence-corrected chi connectivity index (χ3v) is 2.34. The Hall–Kier alpha value is -0.740. The van der Waals surface area contributed by atoms with Crippen LogP contribution in [0.25, 0.3) is 0 Å². The van der Waals surface area contributed by atoms with Gasteiger partial charge in [-0.05, 0) is 32.4 Å². The van der Waals surface area contributed by atoms with Crippen LogP contribution in [0.1, 0.15) is 31.9 Å². The van der Waals surface area contributed by atoms with Gasteiger partial charge < -0.3 is 0 Å². The summed E-state index contributed by atoms with van der Waals surface area (Å²) in [6, 6.07) is 8.23. The molecule has 14 heavy (non-hydrogen) atoms. The van der Waals surface area contributed by atoms with Crippen LogP contribution in [0.3, 0.4) is 0 Å². The van der Waals surface area contributed by atoms with Crippen molar-refractivity contribution in [3.05, 3.63) is 35.4 Å². The Labute approximate surface area is 94.9 Å². The van der Waals surface area contributed by atoms with E-state index in [9.17, 15) is 0 Å². The van der Waals surface area contributed by atoms with Gasteiger partial charge in [0.1, 0.15) is 0 Å². The van der Waals surface area contributed by atoms with Gasteiger partial charge in [0.15, 0.2) is 0 Å². The van der Waals surface area contributed by atoms with Crippen LogP contribution >= 0.6 is 15.9 Å². The fourth-order valence-corrected chi connectivity index (χ4v) is 1.50. The summed E-state index contributed by atoms with van der Waals surface area (Å²) in [4.78, 5) is 0. The lowest BCUT2D eigenvalue weighted by atomic mass is 9.97. The molecule has 0 spiro atoms. The summed E-state index contributed by atoms with van der Waals surface area (Å²) in [5.41, 5.74) is 2.45. The molecule has 74 valence electrons. The van der Waals surface area contributed by atoms with Crippen LogP contribution in [0.2, 0.25) is 0 Å². The average molecular weight is 251 g/mol. The van der Waals surface area contributed by atoms with E-state index in [1.807, 2.05) is 12.1 Å². The van der Waals surface area contributed by atoms with Crippen molar-refractivity contribution in [2.45, 2.75) is 26.1 Å². The highest BCUT2D eigenvalue weighted by atomic mass is 79.9. The van der Waals surface area contributed by atoms with Gasteiger partial charge in [-0.2, -0.15) is 0 Å². The molecule has 0 unspecified atom stereocenters. The Balaban J connectivity index is 3.00. The fourth-order valence-electron chi connectivity index (χ4n) is 1.01. The average Bonchev–Trinajstić information content (AvgIpc) is 2.14. The van der Waals surface area contributed by atoms with Gasteiger partial charge in [-0.25, -0.2) is 0 Å². The zero-order valence-corrected chi connectivity index (χ0v) is 10.5. The predicted molar refractivity (Wildman–Crippen MR) is 65.4 cm³/mol. The molecule has 1 aromatic rings. The van der Waals surface area contributed by atoms with Gasteiger partial charge in [-0.3, -0.25) is 0 Å². The molecule has 0 aliphatic carbocycles. The number of rotatable bonds is 1. The first-order valence-corrected chi connectivity index (χ1v) is 5.82. The van der Waals surface area contributed by atoms with Crippen molar-refractivity contribution >= 4 is 15.9 Å². The maximum Gasteiger partial charge on any atom is 0.0295 e. The van der Waals surface area contributed by atoms with Crippen LogP contribution < -0.4 is 0 Å². The van der Waals surface area contributed by atoms with Crippen LogP contribution in [-0.2, 0) is 5.33 Å². The number of benzene rings is 1. The summed E-state index contributed by atoms with van der Waals surface area (Å²) in [7, 11) is 0. The van der Waals surface area contributed by atoms with Crippen molar-refractivity contribution in [1.29, 1.82) is 0 Å². The van der Waals surface area contributed by atoms with Crippen molar-refractivity contribution in [3.8, 4) is 11.8 Å². The molecule has 0 N–H and O–H groups in total. The van der Waals surface area contributed by atoms with Crippen LogP contribution in [0.4, 0.5) is 0 Å². The molecule has 0 saturated carbocycles. The lowest BCUT2D eigenvalue weighted by molar-refractivity contribution is 0.571. The van der Waals surface area contributed by atoms with Gasteiger partial charge in [0, 0.05) is 16.3 Å². The Kier molecular flexibility index (Phi) is 3.77. The Morgan fingerprint density at radius 2 is 1.86 bits per heavy atom. The SMILES string of the molecule is CC(C)(C)C#Cc1ccccc1CBr. The molecule has 0 nitrogen and oxygen atoms in total. The van der Waals surface area contributed by atoms with Crippen molar-refractivity contribution in [2.75, 3.05) is 0 Å². The van der Waals surface area contributed by atoms with Crippen molar-refractivity contribution in [3.63, 3.8) is 0 Å². The van der Waals surface area contributed by atoms with E-state index in [-0.39, 0.29) is 5.41 Å². The molecule has 0 aliphatic rings. The normalized spacial score (nSPS) is 10.6. The standard InChI is InChI=1S/C13H15Br/c1-13(2,3)9-8-11-6-4-5-7-12(11)10-14/h4-7H,10H2,1-3H3. The highest BCUT2D eigenvalue weighted by Gasteiger charge is 2.04. The molecule has 0 amide bonds. The topological polar surface area (TPSA) is 0 Å². The summed E-state index contributed by atoms with van der Waals surface area (Å²) in [6.07, 6.45) is 0. The van der Waals surface area contributed by atoms with E-state index in [0.717, 1.165) is 10.9 Å². The summed E-state index contributed by atoms with van der Waals surface area (Å²) in [5, 5.41) is 0.863. The molecular formula is C13H15Br. The van der Waals surface area contributed by atoms with Crippen LogP contribution in [0.15, 0.2) is 24.3 Å². The summed E-state index contributed by atoms with van der Waals surface area (Å²) in [6.45, 7) is 6.37. The zero-order valence-electron chi connectivity index (χ0n) is 8.89. The van der Waals surface area contributed by atoms with E-state index in [4.69, 9.17) is 0 Å². The van der Waals surface area contributed by atoms with Crippen LogP contribution in [0, 0.1) is 17.3 Å². The van der Waals surface area contributed by atoms with Crippen LogP contribution in [-0.4, -0.2) is 0 Å². The molecular weight excluding hydrogens is 236 g/mol. The Bertz CT molecular complexity index is 361. The Morgan fingerprint density at radius 1 is 1.21 bits per heavy atom.